The van der Waals surface area contributed by atoms with Crippen molar-refractivity contribution in [2.75, 3.05) is 0 Å². The van der Waals surface area contributed by atoms with Gasteiger partial charge in [-0.05, 0) is 18.9 Å². The second kappa shape index (κ2) is 9.61. The molecule has 0 unspecified atom stereocenters. The van der Waals surface area contributed by atoms with Crippen molar-refractivity contribution >= 4 is 13.5 Å². The van der Waals surface area contributed by atoms with Crippen LogP contribution in [0.2, 0.25) is 0 Å². The van der Waals surface area contributed by atoms with Crippen molar-refractivity contribution in [1.29, 1.82) is 0 Å². The topological polar surface area (TPSA) is 8.81 Å². The van der Waals surface area contributed by atoms with Crippen molar-refractivity contribution in [1.82, 2.24) is 4.57 Å². The standard InChI is InChI=1S/C13H23N2.BF4/c1-4-5-6-7-8-9-10-15-12-11-14(3)13(15)2;2-1(3,4)5/h9-12H,4-8H2,1-3H3;/q+1;-1. The van der Waals surface area contributed by atoms with Gasteiger partial charge in [0, 0.05) is 6.92 Å². The van der Waals surface area contributed by atoms with Crippen molar-refractivity contribution in [2.24, 2.45) is 7.05 Å². The number of aromatic nitrogens is 2. The maximum Gasteiger partial charge on any atom is 0.673 e. The van der Waals surface area contributed by atoms with Crippen LogP contribution in [-0.4, -0.2) is 11.8 Å². The van der Waals surface area contributed by atoms with E-state index in [2.05, 4.69) is 54.7 Å². The van der Waals surface area contributed by atoms with Crippen molar-refractivity contribution in [2.45, 2.75) is 46.0 Å². The van der Waals surface area contributed by atoms with Crippen molar-refractivity contribution in [3.63, 3.8) is 0 Å². The van der Waals surface area contributed by atoms with Gasteiger partial charge in [-0.15, -0.1) is 0 Å². The van der Waals surface area contributed by atoms with Gasteiger partial charge in [-0.3, -0.25) is 0 Å². The van der Waals surface area contributed by atoms with Gasteiger partial charge >= 0.3 is 7.25 Å². The van der Waals surface area contributed by atoms with E-state index in [1.165, 1.54) is 37.9 Å². The average Bonchev–Trinajstić information content (AvgIpc) is 2.63. The van der Waals surface area contributed by atoms with Gasteiger partial charge in [0.25, 0.3) is 5.82 Å². The van der Waals surface area contributed by atoms with E-state index >= 15 is 0 Å². The summed E-state index contributed by atoms with van der Waals surface area (Å²) in [5.74, 6) is 1.26. The quantitative estimate of drug-likeness (QED) is 0.319. The molecule has 0 fully saturated rings. The summed E-state index contributed by atoms with van der Waals surface area (Å²) in [5.41, 5.74) is 0. The fraction of sp³-hybridized carbons (Fsp3) is 0.615. The molecule has 0 N–H and O–H groups in total. The van der Waals surface area contributed by atoms with Crippen LogP contribution in [0.15, 0.2) is 18.5 Å². The van der Waals surface area contributed by atoms with E-state index in [-0.39, 0.29) is 0 Å². The highest BCUT2D eigenvalue weighted by molar-refractivity contribution is 6.50. The lowest BCUT2D eigenvalue weighted by Gasteiger charge is -1.94. The third kappa shape index (κ3) is 10.6. The zero-order valence-electron chi connectivity index (χ0n) is 12.3. The average molecular weight is 294 g/mol. The number of imidazole rings is 1. The Balaban J connectivity index is 0.000000621. The molecule has 1 aromatic heterocycles. The first-order valence-corrected chi connectivity index (χ1v) is 6.82. The molecule has 0 spiro atoms. The van der Waals surface area contributed by atoms with Crippen molar-refractivity contribution in [3.05, 3.63) is 24.3 Å². The Hall–Kier alpha value is -1.27. The van der Waals surface area contributed by atoms with E-state index in [1.54, 1.807) is 0 Å². The van der Waals surface area contributed by atoms with Gasteiger partial charge in [-0.1, -0.05) is 26.2 Å². The highest BCUT2D eigenvalue weighted by atomic mass is 19.5. The van der Waals surface area contributed by atoms with Crippen LogP contribution in [0.5, 0.6) is 0 Å². The summed E-state index contributed by atoms with van der Waals surface area (Å²) < 4.78 is 43.3. The fourth-order valence-corrected chi connectivity index (χ4v) is 1.60. The number of rotatable bonds is 6. The molecule has 0 aliphatic carbocycles. The number of hydrogen-bond acceptors (Lipinski definition) is 0. The minimum atomic E-state index is -6.00. The molecule has 0 radical (unpaired) electrons. The predicted octanol–water partition coefficient (Wildman–Crippen LogP) is 4.36. The summed E-state index contributed by atoms with van der Waals surface area (Å²) in [6.45, 7) is 4.38. The number of nitrogens with zero attached hydrogens (tertiary/aromatic N) is 2. The summed E-state index contributed by atoms with van der Waals surface area (Å²) in [5, 5.41) is 0. The Morgan fingerprint density at radius 1 is 1.20 bits per heavy atom. The Labute approximate surface area is 118 Å². The molecule has 0 aliphatic heterocycles. The fourth-order valence-electron chi connectivity index (χ4n) is 1.60. The summed E-state index contributed by atoms with van der Waals surface area (Å²) in [6, 6.07) is 0. The van der Waals surface area contributed by atoms with Crippen LogP contribution >= 0.6 is 0 Å². The second-order valence-corrected chi connectivity index (χ2v) is 4.59. The highest BCUT2D eigenvalue weighted by Gasteiger charge is 2.20. The van der Waals surface area contributed by atoms with E-state index in [0.717, 1.165) is 0 Å². The van der Waals surface area contributed by atoms with Gasteiger partial charge in [0.15, 0.2) is 0 Å². The van der Waals surface area contributed by atoms with E-state index in [4.69, 9.17) is 0 Å². The molecule has 0 aliphatic rings. The summed E-state index contributed by atoms with van der Waals surface area (Å²) in [6.07, 6.45) is 15.2. The Morgan fingerprint density at radius 3 is 2.25 bits per heavy atom. The molecule has 20 heavy (non-hydrogen) atoms. The van der Waals surface area contributed by atoms with Crippen LogP contribution in [0.1, 0.15) is 44.9 Å². The molecule has 1 rings (SSSR count). The molecule has 2 nitrogen and oxygen atoms in total. The highest BCUT2D eigenvalue weighted by Crippen LogP contribution is 2.06. The van der Waals surface area contributed by atoms with Crippen LogP contribution in [-0.2, 0) is 7.05 Å². The van der Waals surface area contributed by atoms with Crippen LogP contribution in [0.25, 0.3) is 6.20 Å². The van der Waals surface area contributed by atoms with Gasteiger partial charge < -0.3 is 17.3 Å². The first-order valence-electron chi connectivity index (χ1n) is 6.82. The maximum absolute atomic E-state index is 9.75. The number of hydrogen-bond donors (Lipinski definition) is 0. The smallest absolute Gasteiger partial charge is 0.418 e. The molecule has 116 valence electrons. The third-order valence-electron chi connectivity index (χ3n) is 2.83. The van der Waals surface area contributed by atoms with Crippen LogP contribution in [0, 0.1) is 6.92 Å². The summed E-state index contributed by atoms with van der Waals surface area (Å²) >= 11 is 0. The molecule has 0 atom stereocenters. The maximum atomic E-state index is 9.75. The molecular weight excluding hydrogens is 271 g/mol. The van der Waals surface area contributed by atoms with Crippen LogP contribution in [0.3, 0.4) is 0 Å². The lowest BCUT2D eigenvalue weighted by Crippen LogP contribution is -2.29. The Kier molecular flexibility index (Phi) is 9.00. The van der Waals surface area contributed by atoms with Crippen LogP contribution in [0.4, 0.5) is 17.3 Å². The van der Waals surface area contributed by atoms with Gasteiger partial charge in [0.2, 0.25) is 0 Å². The van der Waals surface area contributed by atoms with Crippen molar-refractivity contribution < 1.29 is 21.8 Å². The lowest BCUT2D eigenvalue weighted by atomic mass is 10.1. The minimum absolute atomic E-state index is 1.20. The monoisotopic (exact) mass is 294 g/mol. The minimum Gasteiger partial charge on any atom is -0.418 e. The zero-order valence-corrected chi connectivity index (χ0v) is 12.3. The Morgan fingerprint density at radius 2 is 1.80 bits per heavy atom. The number of halogens is 4. The first-order chi connectivity index (χ1) is 9.25. The number of aryl methyl sites for hydroxylation is 1. The van der Waals surface area contributed by atoms with Gasteiger partial charge in [-0.25, -0.2) is 9.13 Å². The normalized spacial score (nSPS) is 11.6. The largest absolute Gasteiger partial charge is 0.673 e. The predicted molar refractivity (Wildman–Crippen MR) is 74.6 cm³/mol. The summed E-state index contributed by atoms with van der Waals surface area (Å²) in [4.78, 5) is 0. The van der Waals surface area contributed by atoms with Gasteiger partial charge in [-0.2, -0.15) is 0 Å². The first kappa shape index (κ1) is 18.7. The lowest BCUT2D eigenvalue weighted by molar-refractivity contribution is -0.676. The number of allylic oxidation sites excluding steroid dienone is 1. The van der Waals surface area contributed by atoms with E-state index in [0.29, 0.717) is 0 Å². The molecule has 7 heteroatoms. The molecule has 0 aromatic carbocycles. The summed E-state index contributed by atoms with van der Waals surface area (Å²) in [7, 11) is -3.93. The van der Waals surface area contributed by atoms with Crippen LogP contribution < -0.4 is 4.57 Å². The third-order valence-corrected chi connectivity index (χ3v) is 2.83. The molecule has 0 amide bonds. The van der Waals surface area contributed by atoms with E-state index in [9.17, 15) is 17.3 Å². The molecule has 1 heterocycles. The second-order valence-electron chi connectivity index (χ2n) is 4.59. The molecular formula is C13H23BF4N2. The molecule has 1 aromatic rings. The van der Waals surface area contributed by atoms with E-state index < -0.39 is 7.25 Å². The Bertz CT molecular complexity index is 394. The van der Waals surface area contributed by atoms with Crippen molar-refractivity contribution in [3.8, 4) is 0 Å². The molecule has 0 saturated heterocycles. The van der Waals surface area contributed by atoms with Gasteiger partial charge in [0.1, 0.15) is 12.4 Å². The zero-order chi connectivity index (χ0) is 15.6. The number of unbranched alkanes of at least 4 members (excludes halogenated alkanes) is 4. The van der Waals surface area contributed by atoms with Gasteiger partial charge in [0.05, 0.1) is 13.2 Å². The SMILES string of the molecule is CCCCCCC=Cn1cc[n+](C)c1C.F[B-](F)(F)F. The molecule has 0 saturated carbocycles. The molecule has 0 bridgehead atoms. The van der Waals surface area contributed by atoms with E-state index in [1.807, 2.05) is 0 Å².